The number of carbonyl (C=O) groups excluding carboxylic acids is 2. The largest absolute Gasteiger partial charge is 0.376 e. The Labute approximate surface area is 104 Å². The van der Waals surface area contributed by atoms with Gasteiger partial charge in [-0.25, -0.2) is 0 Å². The Hall–Kier alpha value is -2.00. The summed E-state index contributed by atoms with van der Waals surface area (Å²) in [5.41, 5.74) is -0.627. The van der Waals surface area contributed by atoms with E-state index in [4.69, 9.17) is 0 Å². The van der Waals surface area contributed by atoms with Crippen molar-refractivity contribution in [2.24, 2.45) is 0 Å². The highest BCUT2D eigenvalue weighted by atomic mass is 16.3. The lowest BCUT2D eigenvalue weighted by Crippen LogP contribution is -2.33. The quantitative estimate of drug-likeness (QED) is 0.875. The van der Waals surface area contributed by atoms with E-state index in [9.17, 15) is 14.7 Å². The van der Waals surface area contributed by atoms with E-state index >= 15 is 0 Å². The van der Waals surface area contributed by atoms with Gasteiger partial charge >= 0.3 is 0 Å². The molecule has 1 atom stereocenters. The highest BCUT2D eigenvalue weighted by Crippen LogP contribution is 2.42. The Morgan fingerprint density at radius 3 is 2.56 bits per heavy atom. The predicted octanol–water partition coefficient (Wildman–Crippen LogP) is 2.20. The minimum Gasteiger partial charge on any atom is -0.376 e. The van der Waals surface area contributed by atoms with Crippen LogP contribution in [0.25, 0.3) is 10.8 Å². The second kappa shape index (κ2) is 3.50. The topological polar surface area (TPSA) is 54.4 Å². The highest BCUT2D eigenvalue weighted by molar-refractivity contribution is 6.20. The lowest BCUT2D eigenvalue weighted by atomic mass is 9.89. The van der Waals surface area contributed by atoms with E-state index in [1.807, 2.05) is 12.1 Å². The molecule has 3 heteroatoms. The first kappa shape index (κ1) is 11.1. The molecule has 2 aromatic rings. The first-order chi connectivity index (χ1) is 8.54. The molecule has 0 spiro atoms. The van der Waals surface area contributed by atoms with Crippen LogP contribution < -0.4 is 0 Å². The monoisotopic (exact) mass is 240 g/mol. The fourth-order valence-corrected chi connectivity index (χ4v) is 2.76. The fourth-order valence-electron chi connectivity index (χ4n) is 2.76. The average Bonchev–Trinajstić information content (AvgIpc) is 2.54. The summed E-state index contributed by atoms with van der Waals surface area (Å²) in [6, 6.07) is 10.8. The standard InChI is InChI=1S/C15H12O3/c1-9(16)8-15(18)12-7-3-5-10-4-2-6-11(13(10)12)14(15)17/h2-7,18H,8H2,1H3/t15-/m0/s1. The van der Waals surface area contributed by atoms with Gasteiger partial charge in [-0.3, -0.25) is 9.59 Å². The molecule has 0 aliphatic heterocycles. The number of rotatable bonds is 2. The second-order valence-corrected chi connectivity index (χ2v) is 4.78. The predicted molar refractivity (Wildman–Crippen MR) is 67.5 cm³/mol. The molecule has 0 heterocycles. The molecule has 3 nitrogen and oxygen atoms in total. The summed E-state index contributed by atoms with van der Waals surface area (Å²) in [5.74, 6) is -0.569. The van der Waals surface area contributed by atoms with Gasteiger partial charge in [0, 0.05) is 17.5 Å². The van der Waals surface area contributed by atoms with Crippen molar-refractivity contribution < 1.29 is 14.7 Å². The van der Waals surface area contributed by atoms with Gasteiger partial charge in [0.1, 0.15) is 5.78 Å². The molecule has 0 fully saturated rings. The summed E-state index contributed by atoms with van der Waals surface area (Å²) in [5, 5.41) is 12.3. The van der Waals surface area contributed by atoms with Crippen LogP contribution >= 0.6 is 0 Å². The SMILES string of the molecule is CC(=O)C[C@@]1(O)C(=O)c2cccc3cccc1c23. The van der Waals surface area contributed by atoms with Crippen LogP contribution in [0.5, 0.6) is 0 Å². The third-order valence-corrected chi connectivity index (χ3v) is 3.48. The van der Waals surface area contributed by atoms with Crippen LogP contribution in [0.4, 0.5) is 0 Å². The molecule has 90 valence electrons. The Morgan fingerprint density at radius 2 is 1.89 bits per heavy atom. The zero-order valence-corrected chi connectivity index (χ0v) is 9.93. The van der Waals surface area contributed by atoms with Crippen LogP contribution in [-0.2, 0) is 10.4 Å². The molecule has 1 aliphatic rings. The molecule has 0 saturated heterocycles. The molecule has 2 aromatic carbocycles. The fraction of sp³-hybridized carbons (Fsp3) is 0.200. The van der Waals surface area contributed by atoms with Crippen molar-refractivity contribution in [1.82, 2.24) is 0 Å². The maximum absolute atomic E-state index is 12.3. The van der Waals surface area contributed by atoms with Crippen LogP contribution in [0.1, 0.15) is 29.3 Å². The van der Waals surface area contributed by atoms with E-state index in [0.717, 1.165) is 10.8 Å². The number of hydrogen-bond donors (Lipinski definition) is 1. The molecular formula is C15H12O3. The molecule has 0 bridgehead atoms. The van der Waals surface area contributed by atoms with Crippen molar-refractivity contribution in [2.45, 2.75) is 18.9 Å². The maximum atomic E-state index is 12.3. The third kappa shape index (κ3) is 1.28. The van der Waals surface area contributed by atoms with Crippen molar-refractivity contribution in [1.29, 1.82) is 0 Å². The first-order valence-corrected chi connectivity index (χ1v) is 5.83. The third-order valence-electron chi connectivity index (χ3n) is 3.48. The van der Waals surface area contributed by atoms with Crippen molar-refractivity contribution in [3.63, 3.8) is 0 Å². The summed E-state index contributed by atoms with van der Waals surface area (Å²) in [6.07, 6.45) is -0.167. The molecular weight excluding hydrogens is 228 g/mol. The molecule has 0 radical (unpaired) electrons. The van der Waals surface area contributed by atoms with Gasteiger partial charge in [-0.05, 0) is 17.7 Å². The Morgan fingerprint density at radius 1 is 1.22 bits per heavy atom. The second-order valence-electron chi connectivity index (χ2n) is 4.78. The minimum absolute atomic E-state index is 0.167. The van der Waals surface area contributed by atoms with E-state index in [1.54, 1.807) is 24.3 Å². The van der Waals surface area contributed by atoms with Crippen LogP contribution in [0, 0.1) is 0 Å². The molecule has 0 amide bonds. The molecule has 1 aliphatic carbocycles. The van der Waals surface area contributed by atoms with E-state index in [0.29, 0.717) is 11.1 Å². The van der Waals surface area contributed by atoms with Crippen molar-refractivity contribution in [3.05, 3.63) is 47.5 Å². The van der Waals surface area contributed by atoms with Gasteiger partial charge in [0.15, 0.2) is 11.4 Å². The van der Waals surface area contributed by atoms with Crippen LogP contribution in [0.15, 0.2) is 36.4 Å². The van der Waals surface area contributed by atoms with Crippen LogP contribution in [0.2, 0.25) is 0 Å². The Bertz CT molecular complexity index is 682. The highest BCUT2D eigenvalue weighted by Gasteiger charge is 2.46. The number of benzene rings is 2. The lowest BCUT2D eigenvalue weighted by molar-refractivity contribution is -0.120. The number of aliphatic hydroxyl groups is 1. The lowest BCUT2D eigenvalue weighted by Gasteiger charge is -2.20. The van der Waals surface area contributed by atoms with E-state index in [2.05, 4.69) is 0 Å². The Balaban J connectivity index is 2.35. The van der Waals surface area contributed by atoms with Crippen molar-refractivity contribution in [2.75, 3.05) is 0 Å². The number of carbonyl (C=O) groups is 2. The number of hydrogen-bond acceptors (Lipinski definition) is 3. The molecule has 1 N–H and O–H groups in total. The van der Waals surface area contributed by atoms with Crippen LogP contribution in [-0.4, -0.2) is 16.7 Å². The first-order valence-electron chi connectivity index (χ1n) is 5.83. The molecule has 18 heavy (non-hydrogen) atoms. The number of Topliss-reactive ketones (excluding diaryl/α,β-unsaturated/α-hetero) is 2. The maximum Gasteiger partial charge on any atom is 0.200 e. The van der Waals surface area contributed by atoms with Crippen LogP contribution in [0.3, 0.4) is 0 Å². The normalized spacial score (nSPS) is 21.6. The zero-order chi connectivity index (χ0) is 12.9. The van der Waals surface area contributed by atoms with E-state index in [1.165, 1.54) is 6.92 Å². The van der Waals surface area contributed by atoms with Gasteiger partial charge in [-0.2, -0.15) is 0 Å². The minimum atomic E-state index is -1.69. The van der Waals surface area contributed by atoms with Gasteiger partial charge in [-0.15, -0.1) is 0 Å². The van der Waals surface area contributed by atoms with Gasteiger partial charge in [0.05, 0.1) is 0 Å². The summed E-state index contributed by atoms with van der Waals surface area (Å²) in [7, 11) is 0. The van der Waals surface area contributed by atoms with E-state index < -0.39 is 5.60 Å². The zero-order valence-electron chi connectivity index (χ0n) is 9.93. The summed E-state index contributed by atoms with van der Waals surface area (Å²) < 4.78 is 0. The van der Waals surface area contributed by atoms with Gasteiger partial charge in [0.25, 0.3) is 0 Å². The van der Waals surface area contributed by atoms with Gasteiger partial charge in [-0.1, -0.05) is 36.4 Å². The summed E-state index contributed by atoms with van der Waals surface area (Å²) >= 11 is 0. The summed E-state index contributed by atoms with van der Waals surface area (Å²) in [6.45, 7) is 1.38. The average molecular weight is 240 g/mol. The summed E-state index contributed by atoms with van der Waals surface area (Å²) in [4.78, 5) is 23.6. The van der Waals surface area contributed by atoms with Crippen molar-refractivity contribution in [3.8, 4) is 0 Å². The molecule has 0 aromatic heterocycles. The Kier molecular flexibility index (Phi) is 2.16. The van der Waals surface area contributed by atoms with Crippen molar-refractivity contribution >= 4 is 22.3 Å². The molecule has 0 unspecified atom stereocenters. The smallest absolute Gasteiger partial charge is 0.200 e. The molecule has 3 rings (SSSR count). The molecule has 0 saturated carbocycles. The van der Waals surface area contributed by atoms with E-state index in [-0.39, 0.29) is 18.0 Å². The number of ketones is 2. The van der Waals surface area contributed by atoms with Gasteiger partial charge in [0.2, 0.25) is 0 Å². The van der Waals surface area contributed by atoms with Gasteiger partial charge < -0.3 is 5.11 Å².